The van der Waals surface area contributed by atoms with Crippen molar-refractivity contribution in [2.24, 2.45) is 4.99 Å². The molecule has 1 aromatic rings. The SMILES string of the molecule is CN=C(NCCN(C)Cc1ccc(F)cc1)N1CCS(=O)(=O)C(C)(C)C1.I. The van der Waals surface area contributed by atoms with E-state index in [2.05, 4.69) is 15.2 Å². The van der Waals surface area contributed by atoms with E-state index in [0.717, 1.165) is 24.6 Å². The second-order valence-corrected chi connectivity index (χ2v) is 10.1. The van der Waals surface area contributed by atoms with E-state index in [0.29, 0.717) is 19.6 Å². The van der Waals surface area contributed by atoms with Gasteiger partial charge in [0.05, 0.1) is 10.5 Å². The molecule has 0 radical (unpaired) electrons. The third-order valence-corrected chi connectivity index (χ3v) is 7.23. The van der Waals surface area contributed by atoms with Crippen molar-refractivity contribution in [2.75, 3.05) is 46.0 Å². The summed E-state index contributed by atoms with van der Waals surface area (Å²) in [5.74, 6) is 0.641. The third kappa shape index (κ3) is 6.56. The maximum atomic E-state index is 13.0. The maximum absolute atomic E-state index is 13.0. The Hall–Kier alpha value is -0.940. The van der Waals surface area contributed by atoms with Crippen LogP contribution in [0, 0.1) is 5.82 Å². The van der Waals surface area contributed by atoms with Crippen LogP contribution in [0.3, 0.4) is 0 Å². The summed E-state index contributed by atoms with van der Waals surface area (Å²) in [6.45, 7) is 6.61. The minimum absolute atomic E-state index is 0. The molecule has 1 heterocycles. The molecule has 2 rings (SSSR count). The minimum Gasteiger partial charge on any atom is -0.355 e. The summed E-state index contributed by atoms with van der Waals surface area (Å²) in [4.78, 5) is 8.43. The summed E-state index contributed by atoms with van der Waals surface area (Å²) < 4.78 is 36.5. The fraction of sp³-hybridized carbons (Fsp3) is 0.611. The van der Waals surface area contributed by atoms with Gasteiger partial charge >= 0.3 is 0 Å². The summed E-state index contributed by atoms with van der Waals surface area (Å²) in [5.41, 5.74) is 1.06. The highest BCUT2D eigenvalue weighted by molar-refractivity contribution is 14.0. The zero-order valence-corrected chi connectivity index (χ0v) is 19.6. The summed E-state index contributed by atoms with van der Waals surface area (Å²) in [6.07, 6.45) is 0. The lowest BCUT2D eigenvalue weighted by atomic mass is 10.2. The fourth-order valence-corrected chi connectivity index (χ4v) is 4.36. The van der Waals surface area contributed by atoms with Gasteiger partial charge in [-0.1, -0.05) is 12.1 Å². The molecule has 1 aliphatic heterocycles. The first kappa shape index (κ1) is 24.1. The van der Waals surface area contributed by atoms with Crippen molar-refractivity contribution < 1.29 is 12.8 Å². The number of hydrogen-bond acceptors (Lipinski definition) is 4. The van der Waals surface area contributed by atoms with Crippen LogP contribution in [0.5, 0.6) is 0 Å². The van der Waals surface area contributed by atoms with Crippen LogP contribution < -0.4 is 5.32 Å². The van der Waals surface area contributed by atoms with Gasteiger partial charge in [0, 0.05) is 39.8 Å². The lowest BCUT2D eigenvalue weighted by Crippen LogP contribution is -2.57. The molecule has 0 bridgehead atoms. The number of rotatable bonds is 5. The normalized spacial score (nSPS) is 18.9. The van der Waals surface area contributed by atoms with Crippen LogP contribution in [0.2, 0.25) is 0 Å². The van der Waals surface area contributed by atoms with Crippen molar-refractivity contribution in [1.29, 1.82) is 0 Å². The van der Waals surface area contributed by atoms with Crippen molar-refractivity contribution in [3.63, 3.8) is 0 Å². The average Bonchev–Trinajstić information content (AvgIpc) is 2.56. The molecule has 0 aliphatic carbocycles. The van der Waals surface area contributed by atoms with E-state index in [1.54, 1.807) is 33.0 Å². The van der Waals surface area contributed by atoms with Gasteiger partial charge in [0.2, 0.25) is 0 Å². The second kappa shape index (κ2) is 10.0. The Morgan fingerprint density at radius 3 is 2.52 bits per heavy atom. The van der Waals surface area contributed by atoms with E-state index in [1.807, 2.05) is 11.9 Å². The van der Waals surface area contributed by atoms with Gasteiger partial charge in [-0.25, -0.2) is 12.8 Å². The highest BCUT2D eigenvalue weighted by Gasteiger charge is 2.40. The number of likely N-dealkylation sites (N-methyl/N-ethyl adjacent to an activating group) is 1. The predicted octanol–water partition coefficient (Wildman–Crippen LogP) is 1.96. The molecule has 0 spiro atoms. The lowest BCUT2D eigenvalue weighted by molar-refractivity contribution is 0.321. The van der Waals surface area contributed by atoms with Crippen LogP contribution in [0.25, 0.3) is 0 Å². The zero-order valence-electron chi connectivity index (χ0n) is 16.4. The standard InChI is InChI=1S/C18H29FN4O2S.HI/c1-18(2)14-23(11-12-26(18,24)25)17(20-3)21-9-10-22(4)13-15-5-7-16(19)8-6-15;/h5-8H,9-14H2,1-4H3,(H,20,21);1H. The first-order valence-electron chi connectivity index (χ1n) is 8.75. The predicted molar refractivity (Wildman–Crippen MR) is 119 cm³/mol. The molecular weight excluding hydrogens is 482 g/mol. The molecular formula is C18H30FIN4O2S. The molecule has 1 aliphatic rings. The number of benzene rings is 1. The number of aliphatic imine (C=N–C) groups is 1. The van der Waals surface area contributed by atoms with Gasteiger partial charge < -0.3 is 15.1 Å². The van der Waals surface area contributed by atoms with Crippen molar-refractivity contribution in [2.45, 2.75) is 25.1 Å². The van der Waals surface area contributed by atoms with Crippen LogP contribution >= 0.6 is 24.0 Å². The van der Waals surface area contributed by atoms with Crippen LogP contribution in [0.1, 0.15) is 19.4 Å². The summed E-state index contributed by atoms with van der Waals surface area (Å²) in [5, 5.41) is 3.31. The Morgan fingerprint density at radius 1 is 1.33 bits per heavy atom. The number of sulfone groups is 1. The average molecular weight is 512 g/mol. The van der Waals surface area contributed by atoms with Crippen molar-refractivity contribution in [3.05, 3.63) is 35.6 Å². The summed E-state index contributed by atoms with van der Waals surface area (Å²) in [6, 6.07) is 6.51. The molecule has 1 aromatic carbocycles. The molecule has 1 fully saturated rings. The van der Waals surface area contributed by atoms with Gasteiger partial charge in [-0.15, -0.1) is 24.0 Å². The molecule has 6 nitrogen and oxygen atoms in total. The van der Waals surface area contributed by atoms with E-state index in [1.165, 1.54) is 12.1 Å². The monoisotopic (exact) mass is 512 g/mol. The van der Waals surface area contributed by atoms with E-state index in [-0.39, 0.29) is 35.5 Å². The Labute approximate surface area is 179 Å². The minimum atomic E-state index is -3.07. The van der Waals surface area contributed by atoms with Crippen LogP contribution in [-0.2, 0) is 16.4 Å². The topological polar surface area (TPSA) is 65.0 Å². The second-order valence-electron chi connectivity index (χ2n) is 7.34. The Kier molecular flexibility index (Phi) is 8.94. The molecule has 0 aromatic heterocycles. The Bertz CT molecular complexity index is 738. The largest absolute Gasteiger partial charge is 0.355 e. The first-order chi connectivity index (χ1) is 12.1. The quantitative estimate of drug-likeness (QED) is 0.372. The molecule has 27 heavy (non-hydrogen) atoms. The molecule has 1 N–H and O–H groups in total. The maximum Gasteiger partial charge on any atom is 0.193 e. The van der Waals surface area contributed by atoms with Gasteiger partial charge in [-0.2, -0.15) is 0 Å². The highest BCUT2D eigenvalue weighted by Crippen LogP contribution is 2.23. The van der Waals surface area contributed by atoms with Crippen LogP contribution in [0.4, 0.5) is 4.39 Å². The van der Waals surface area contributed by atoms with Gasteiger partial charge in [0.1, 0.15) is 5.82 Å². The van der Waals surface area contributed by atoms with Gasteiger partial charge in [0.25, 0.3) is 0 Å². The van der Waals surface area contributed by atoms with Gasteiger partial charge in [-0.05, 0) is 38.6 Å². The summed E-state index contributed by atoms with van der Waals surface area (Å²) >= 11 is 0. The Balaban J connectivity index is 0.00000364. The lowest BCUT2D eigenvalue weighted by Gasteiger charge is -2.39. The van der Waals surface area contributed by atoms with Crippen LogP contribution in [0.15, 0.2) is 29.3 Å². The fourth-order valence-electron chi connectivity index (χ4n) is 3.00. The summed E-state index contributed by atoms with van der Waals surface area (Å²) in [7, 11) is 0.647. The van der Waals surface area contributed by atoms with Gasteiger partial charge in [-0.3, -0.25) is 4.99 Å². The highest BCUT2D eigenvalue weighted by atomic mass is 127. The smallest absolute Gasteiger partial charge is 0.193 e. The number of halogens is 2. The molecule has 154 valence electrons. The molecule has 0 atom stereocenters. The number of nitrogens with one attached hydrogen (secondary N) is 1. The van der Waals surface area contributed by atoms with Crippen LogP contribution in [-0.4, -0.2) is 75.0 Å². The third-order valence-electron chi connectivity index (χ3n) is 4.70. The van der Waals surface area contributed by atoms with E-state index in [9.17, 15) is 12.8 Å². The molecule has 0 amide bonds. The number of nitrogens with zero attached hydrogens (tertiary/aromatic N) is 3. The van der Waals surface area contributed by atoms with Crippen molar-refractivity contribution >= 4 is 39.8 Å². The van der Waals surface area contributed by atoms with E-state index < -0.39 is 14.6 Å². The number of guanidine groups is 1. The number of hydrogen-bond donors (Lipinski definition) is 1. The first-order valence-corrected chi connectivity index (χ1v) is 10.4. The van der Waals surface area contributed by atoms with Gasteiger partial charge in [0.15, 0.2) is 15.8 Å². The van der Waals surface area contributed by atoms with Crippen molar-refractivity contribution in [3.8, 4) is 0 Å². The van der Waals surface area contributed by atoms with E-state index in [4.69, 9.17) is 0 Å². The zero-order chi connectivity index (χ0) is 19.4. The van der Waals surface area contributed by atoms with Crippen molar-refractivity contribution in [1.82, 2.24) is 15.1 Å². The molecule has 1 saturated heterocycles. The molecule has 9 heteroatoms. The molecule has 0 saturated carbocycles. The van der Waals surface area contributed by atoms with E-state index >= 15 is 0 Å². The molecule has 0 unspecified atom stereocenters. The Morgan fingerprint density at radius 2 is 1.96 bits per heavy atom.